The highest BCUT2D eigenvalue weighted by Crippen LogP contribution is 2.42. The van der Waals surface area contributed by atoms with Crippen molar-refractivity contribution in [2.75, 3.05) is 0 Å². The van der Waals surface area contributed by atoms with E-state index in [0.717, 1.165) is 66.0 Å². The lowest BCUT2D eigenvalue weighted by Crippen LogP contribution is -1.96. The molecule has 2 aromatic heterocycles. The molecule has 0 radical (unpaired) electrons. The Labute approximate surface area is 293 Å². The molecule has 0 spiro atoms. The molecule has 0 saturated heterocycles. The minimum absolute atomic E-state index is 0.642. The second-order valence-corrected chi connectivity index (χ2v) is 13.3. The van der Waals surface area contributed by atoms with Crippen molar-refractivity contribution in [1.29, 1.82) is 0 Å². The fraction of sp³-hybridized carbons (Fsp3) is 0. The second-order valence-electron chi connectivity index (χ2n) is 13.3. The minimum atomic E-state index is 0.642. The van der Waals surface area contributed by atoms with Gasteiger partial charge in [-0.05, 0) is 84.5 Å². The van der Waals surface area contributed by atoms with Crippen LogP contribution in [0.15, 0.2) is 174 Å². The smallest absolute Gasteiger partial charge is 0.164 e. The topological polar surface area (TPSA) is 38.9 Å². The normalized spacial score (nSPS) is 11.9. The Morgan fingerprint density at radius 3 is 1.76 bits per heavy atom. The van der Waals surface area contributed by atoms with Crippen molar-refractivity contribution in [2.24, 2.45) is 0 Å². The van der Waals surface area contributed by atoms with Crippen LogP contribution in [-0.4, -0.2) is 9.97 Å². The molecular formula is C48H28N2O. The fourth-order valence-corrected chi connectivity index (χ4v) is 8.08. The number of nitrogens with zero attached hydrogens (tertiary/aromatic N) is 2. The Hall–Kier alpha value is -6.84. The highest BCUT2D eigenvalue weighted by atomic mass is 16.3. The summed E-state index contributed by atoms with van der Waals surface area (Å²) in [5.74, 6) is 0.642. The van der Waals surface area contributed by atoms with E-state index in [1.54, 1.807) is 0 Å². The number of para-hydroxylation sites is 1. The molecule has 11 rings (SSSR count). The third-order valence-corrected chi connectivity index (χ3v) is 10.4. The van der Waals surface area contributed by atoms with Crippen molar-refractivity contribution in [3.63, 3.8) is 0 Å². The summed E-state index contributed by atoms with van der Waals surface area (Å²) in [7, 11) is 0. The third-order valence-electron chi connectivity index (χ3n) is 10.4. The summed E-state index contributed by atoms with van der Waals surface area (Å²) in [4.78, 5) is 10.7. The SMILES string of the molecule is c1ccc(-c2cccc(-c3nc(-c4cccc5c4oc4cc6c7ccccc7c7ccccc7c6cc45)nc4ccc5ccccc5c34)c2)cc1. The Balaban J connectivity index is 1.19. The molecule has 2 heterocycles. The van der Waals surface area contributed by atoms with Gasteiger partial charge < -0.3 is 4.42 Å². The van der Waals surface area contributed by atoms with Crippen LogP contribution in [0, 0.1) is 0 Å². The van der Waals surface area contributed by atoms with E-state index in [1.165, 1.54) is 37.9 Å². The van der Waals surface area contributed by atoms with Gasteiger partial charge in [0, 0.05) is 21.7 Å². The van der Waals surface area contributed by atoms with Crippen LogP contribution in [0.3, 0.4) is 0 Å². The molecule has 3 nitrogen and oxygen atoms in total. The summed E-state index contributed by atoms with van der Waals surface area (Å²) in [6, 6.07) is 60.2. The van der Waals surface area contributed by atoms with Crippen LogP contribution in [0.25, 0.3) is 110 Å². The van der Waals surface area contributed by atoms with Gasteiger partial charge in [-0.2, -0.15) is 0 Å². The first-order valence-electron chi connectivity index (χ1n) is 17.3. The highest BCUT2D eigenvalue weighted by molar-refractivity contribution is 6.28. The molecule has 0 saturated carbocycles. The number of rotatable bonds is 3. The van der Waals surface area contributed by atoms with Gasteiger partial charge in [0.05, 0.1) is 16.8 Å². The Morgan fingerprint density at radius 2 is 0.980 bits per heavy atom. The molecule has 236 valence electrons. The second kappa shape index (κ2) is 10.8. The molecular weight excluding hydrogens is 621 g/mol. The molecule has 0 atom stereocenters. The van der Waals surface area contributed by atoms with Gasteiger partial charge in [0.2, 0.25) is 0 Å². The summed E-state index contributed by atoms with van der Waals surface area (Å²) >= 11 is 0. The van der Waals surface area contributed by atoms with Gasteiger partial charge in [0.25, 0.3) is 0 Å². The van der Waals surface area contributed by atoms with E-state index in [0.29, 0.717) is 5.82 Å². The predicted molar refractivity (Wildman–Crippen MR) is 213 cm³/mol. The monoisotopic (exact) mass is 648 g/mol. The summed E-state index contributed by atoms with van der Waals surface area (Å²) in [6.07, 6.45) is 0. The lowest BCUT2D eigenvalue weighted by Gasteiger charge is -2.13. The van der Waals surface area contributed by atoms with Gasteiger partial charge in [-0.15, -0.1) is 0 Å². The molecule has 0 bridgehead atoms. The third kappa shape index (κ3) is 4.25. The molecule has 0 aliphatic rings. The van der Waals surface area contributed by atoms with E-state index in [1.807, 2.05) is 0 Å². The van der Waals surface area contributed by atoms with Crippen LogP contribution in [0.4, 0.5) is 0 Å². The van der Waals surface area contributed by atoms with Gasteiger partial charge in [-0.3, -0.25) is 0 Å². The summed E-state index contributed by atoms with van der Waals surface area (Å²) in [5.41, 5.74) is 7.68. The van der Waals surface area contributed by atoms with Crippen LogP contribution in [0.5, 0.6) is 0 Å². The van der Waals surface area contributed by atoms with Gasteiger partial charge in [-0.25, -0.2) is 9.97 Å². The van der Waals surface area contributed by atoms with Crippen LogP contribution in [-0.2, 0) is 0 Å². The zero-order valence-corrected chi connectivity index (χ0v) is 27.5. The maximum absolute atomic E-state index is 6.83. The zero-order chi connectivity index (χ0) is 33.5. The Bertz CT molecular complexity index is 3190. The van der Waals surface area contributed by atoms with Crippen LogP contribution >= 0.6 is 0 Å². The standard InChI is InChI=1S/C48H28N2O/c1-2-12-29(13-3-1)31-15-10-16-32(26-31)46-45-33-17-5-4-14-30(33)24-25-43(45)49-48(50-46)39-23-11-22-38-42-27-40-36-20-8-6-18-34(36)35-19-7-9-21-37(35)41(40)28-44(42)51-47(38)39/h1-28H. The highest BCUT2D eigenvalue weighted by Gasteiger charge is 2.20. The van der Waals surface area contributed by atoms with Crippen LogP contribution in [0.2, 0.25) is 0 Å². The molecule has 3 heteroatoms. The number of furan rings is 1. The molecule has 0 amide bonds. The van der Waals surface area contributed by atoms with Gasteiger partial charge in [-0.1, -0.05) is 140 Å². The lowest BCUT2D eigenvalue weighted by atomic mass is 9.93. The van der Waals surface area contributed by atoms with E-state index in [2.05, 4.69) is 170 Å². The summed E-state index contributed by atoms with van der Waals surface area (Å²) in [5, 5.41) is 12.9. The van der Waals surface area contributed by atoms with E-state index in [-0.39, 0.29) is 0 Å². The number of hydrogen-bond donors (Lipinski definition) is 0. The largest absolute Gasteiger partial charge is 0.455 e. The molecule has 0 fully saturated rings. The first-order valence-corrected chi connectivity index (χ1v) is 17.3. The van der Waals surface area contributed by atoms with Crippen molar-refractivity contribution in [3.05, 3.63) is 170 Å². The molecule has 0 aliphatic heterocycles. The van der Waals surface area contributed by atoms with Crippen molar-refractivity contribution < 1.29 is 4.42 Å². The minimum Gasteiger partial charge on any atom is -0.455 e. The maximum atomic E-state index is 6.83. The number of aromatic nitrogens is 2. The van der Waals surface area contributed by atoms with Gasteiger partial charge in [0.15, 0.2) is 5.82 Å². The average Bonchev–Trinajstić information content (AvgIpc) is 3.58. The van der Waals surface area contributed by atoms with E-state index in [9.17, 15) is 0 Å². The molecule has 51 heavy (non-hydrogen) atoms. The van der Waals surface area contributed by atoms with Crippen molar-refractivity contribution in [1.82, 2.24) is 9.97 Å². The average molecular weight is 649 g/mol. The number of benzene rings is 9. The van der Waals surface area contributed by atoms with E-state index < -0.39 is 0 Å². The molecule has 0 unspecified atom stereocenters. The molecule has 0 N–H and O–H groups in total. The molecule has 0 aliphatic carbocycles. The predicted octanol–water partition coefficient (Wildman–Crippen LogP) is 13.1. The quantitative estimate of drug-likeness (QED) is 0.179. The zero-order valence-electron chi connectivity index (χ0n) is 27.5. The first-order chi connectivity index (χ1) is 25.3. The first kappa shape index (κ1) is 28.0. The fourth-order valence-electron chi connectivity index (χ4n) is 8.08. The molecule has 9 aromatic carbocycles. The van der Waals surface area contributed by atoms with Crippen molar-refractivity contribution >= 4 is 75.9 Å². The maximum Gasteiger partial charge on any atom is 0.164 e. The van der Waals surface area contributed by atoms with E-state index >= 15 is 0 Å². The Kier molecular flexibility index (Phi) is 5.96. The van der Waals surface area contributed by atoms with Crippen LogP contribution in [0.1, 0.15) is 0 Å². The van der Waals surface area contributed by atoms with Crippen LogP contribution < -0.4 is 0 Å². The van der Waals surface area contributed by atoms with Crippen molar-refractivity contribution in [3.8, 4) is 33.8 Å². The summed E-state index contributed by atoms with van der Waals surface area (Å²) in [6.45, 7) is 0. The van der Waals surface area contributed by atoms with Crippen molar-refractivity contribution in [2.45, 2.75) is 0 Å². The number of fused-ring (bicyclic) bond motifs is 12. The Morgan fingerprint density at radius 1 is 0.373 bits per heavy atom. The number of hydrogen-bond acceptors (Lipinski definition) is 3. The van der Waals surface area contributed by atoms with Gasteiger partial charge in [0.1, 0.15) is 11.2 Å². The lowest BCUT2D eigenvalue weighted by molar-refractivity contribution is 0.670. The van der Waals surface area contributed by atoms with E-state index in [4.69, 9.17) is 14.4 Å². The van der Waals surface area contributed by atoms with Gasteiger partial charge >= 0.3 is 0 Å². The molecule has 11 aromatic rings. The summed E-state index contributed by atoms with van der Waals surface area (Å²) < 4.78 is 6.83.